The van der Waals surface area contributed by atoms with Crippen molar-refractivity contribution in [3.63, 3.8) is 0 Å². The Kier molecular flexibility index (Phi) is 6.62. The molecule has 2 aromatic rings. The summed E-state index contributed by atoms with van der Waals surface area (Å²) in [4.78, 5) is 0. The molecule has 0 radical (unpaired) electrons. The molecule has 124 valence electrons. The van der Waals surface area contributed by atoms with Gasteiger partial charge >= 0.3 is 0 Å². The number of hydrogen-bond acceptors (Lipinski definition) is 3. The van der Waals surface area contributed by atoms with Gasteiger partial charge in [0.2, 0.25) is 10.0 Å². The molecule has 0 aliphatic rings. The Balaban J connectivity index is 1.72. The summed E-state index contributed by atoms with van der Waals surface area (Å²) in [5.41, 5.74) is 2.22. The van der Waals surface area contributed by atoms with Crippen molar-refractivity contribution in [2.45, 2.75) is 19.8 Å². The first-order valence-electron chi connectivity index (χ1n) is 7.82. The molecule has 0 aliphatic heterocycles. The van der Waals surface area contributed by atoms with Gasteiger partial charge in [0, 0.05) is 6.54 Å². The van der Waals surface area contributed by atoms with Crippen LogP contribution in [0.4, 0.5) is 0 Å². The van der Waals surface area contributed by atoms with E-state index in [0.717, 1.165) is 17.7 Å². The number of ether oxygens (including phenoxy) is 1. The van der Waals surface area contributed by atoms with Crippen LogP contribution in [0, 0.1) is 0 Å². The maximum Gasteiger partial charge on any atom is 0.212 e. The summed E-state index contributed by atoms with van der Waals surface area (Å²) in [6, 6.07) is 17.4. The summed E-state index contributed by atoms with van der Waals surface area (Å²) in [6.07, 6.45) is 1.46. The molecule has 5 heteroatoms. The monoisotopic (exact) mass is 333 g/mol. The van der Waals surface area contributed by atoms with Crippen LogP contribution in [0.2, 0.25) is 0 Å². The first-order valence-corrected chi connectivity index (χ1v) is 9.47. The third-order valence-corrected chi connectivity index (χ3v) is 4.89. The Labute approximate surface area is 138 Å². The van der Waals surface area contributed by atoms with Crippen LogP contribution in [0.3, 0.4) is 0 Å². The fourth-order valence-electron chi connectivity index (χ4n) is 2.19. The fraction of sp³-hybridized carbons (Fsp3) is 0.333. The number of rotatable bonds is 9. The Bertz CT molecular complexity index is 699. The maximum absolute atomic E-state index is 11.9. The highest BCUT2D eigenvalue weighted by Gasteiger charge is 2.09. The van der Waals surface area contributed by atoms with E-state index in [0.29, 0.717) is 13.0 Å². The summed E-state index contributed by atoms with van der Waals surface area (Å²) < 4.78 is 32.1. The van der Waals surface area contributed by atoms with Crippen molar-refractivity contribution in [3.8, 4) is 5.75 Å². The maximum atomic E-state index is 11.9. The van der Waals surface area contributed by atoms with E-state index in [4.69, 9.17) is 4.74 Å². The lowest BCUT2D eigenvalue weighted by atomic mass is 10.2. The first kappa shape index (κ1) is 17.5. The van der Waals surface area contributed by atoms with Gasteiger partial charge < -0.3 is 4.74 Å². The van der Waals surface area contributed by atoms with Crippen LogP contribution in [0.25, 0.3) is 0 Å². The average Bonchev–Trinajstić information content (AvgIpc) is 2.58. The third-order valence-electron chi connectivity index (χ3n) is 3.50. The van der Waals surface area contributed by atoms with E-state index < -0.39 is 10.0 Å². The molecule has 0 aromatic heterocycles. The molecule has 0 atom stereocenters. The quantitative estimate of drug-likeness (QED) is 0.718. The van der Waals surface area contributed by atoms with Gasteiger partial charge in [-0.05, 0) is 36.1 Å². The highest BCUT2D eigenvalue weighted by Crippen LogP contribution is 2.13. The van der Waals surface area contributed by atoms with Crippen LogP contribution in [0.5, 0.6) is 5.75 Å². The van der Waals surface area contributed by atoms with Gasteiger partial charge in [0.25, 0.3) is 0 Å². The number of hydrogen-bond donors (Lipinski definition) is 1. The van der Waals surface area contributed by atoms with Gasteiger partial charge in [-0.3, -0.25) is 0 Å². The van der Waals surface area contributed by atoms with E-state index in [2.05, 4.69) is 11.6 Å². The molecule has 2 rings (SSSR count). The minimum atomic E-state index is -3.28. The average molecular weight is 333 g/mol. The van der Waals surface area contributed by atoms with Crippen molar-refractivity contribution in [2.24, 2.45) is 0 Å². The molecule has 0 spiro atoms. The fourth-order valence-corrected chi connectivity index (χ4v) is 3.23. The molecule has 0 heterocycles. The highest BCUT2D eigenvalue weighted by molar-refractivity contribution is 7.89. The summed E-state index contributed by atoms with van der Waals surface area (Å²) in [5, 5.41) is 0. The van der Waals surface area contributed by atoms with Crippen LogP contribution >= 0.6 is 0 Å². The van der Waals surface area contributed by atoms with Crippen LogP contribution in [0.1, 0.15) is 18.1 Å². The number of nitrogens with one attached hydrogen (secondary N) is 1. The smallest absolute Gasteiger partial charge is 0.212 e. The van der Waals surface area contributed by atoms with Crippen LogP contribution in [0.15, 0.2) is 54.6 Å². The topological polar surface area (TPSA) is 55.4 Å². The predicted octanol–water partition coefficient (Wildman–Crippen LogP) is 2.79. The predicted molar refractivity (Wildman–Crippen MR) is 93.3 cm³/mol. The molecule has 0 fully saturated rings. The molecule has 0 saturated heterocycles. The molecule has 2 aromatic carbocycles. The van der Waals surface area contributed by atoms with E-state index in [1.807, 2.05) is 54.6 Å². The molecule has 4 nitrogen and oxygen atoms in total. The number of sulfonamides is 1. The van der Waals surface area contributed by atoms with E-state index >= 15 is 0 Å². The summed E-state index contributed by atoms with van der Waals surface area (Å²) in [7, 11) is -3.28. The number of benzene rings is 2. The second-order valence-electron chi connectivity index (χ2n) is 5.30. The van der Waals surface area contributed by atoms with E-state index in [1.54, 1.807) is 0 Å². The normalized spacial score (nSPS) is 11.3. The lowest BCUT2D eigenvalue weighted by Crippen LogP contribution is -2.31. The van der Waals surface area contributed by atoms with Gasteiger partial charge in [-0.1, -0.05) is 49.4 Å². The van der Waals surface area contributed by atoms with Gasteiger partial charge in [-0.25, -0.2) is 13.1 Å². The van der Waals surface area contributed by atoms with Crippen molar-refractivity contribution in [1.29, 1.82) is 0 Å². The van der Waals surface area contributed by atoms with Gasteiger partial charge in [-0.2, -0.15) is 0 Å². The summed E-state index contributed by atoms with van der Waals surface area (Å²) in [5.74, 6) is 0.857. The minimum Gasteiger partial charge on any atom is -0.492 e. The molecule has 0 bridgehead atoms. The van der Waals surface area contributed by atoms with Crippen molar-refractivity contribution in [1.82, 2.24) is 4.72 Å². The van der Waals surface area contributed by atoms with Crippen molar-refractivity contribution >= 4 is 10.0 Å². The summed E-state index contributed by atoms with van der Waals surface area (Å²) in [6.45, 7) is 2.67. The molecule has 0 unspecified atom stereocenters. The second kappa shape index (κ2) is 8.70. The first-order chi connectivity index (χ1) is 11.1. The van der Waals surface area contributed by atoms with Crippen LogP contribution < -0.4 is 9.46 Å². The highest BCUT2D eigenvalue weighted by atomic mass is 32.2. The van der Waals surface area contributed by atoms with Gasteiger partial charge in [0.05, 0.1) is 5.75 Å². The van der Waals surface area contributed by atoms with E-state index in [9.17, 15) is 8.42 Å². The zero-order chi connectivity index (χ0) is 16.5. The van der Waals surface area contributed by atoms with Crippen LogP contribution in [-0.4, -0.2) is 27.3 Å². The molecule has 0 saturated carbocycles. The van der Waals surface area contributed by atoms with Crippen molar-refractivity contribution in [2.75, 3.05) is 18.9 Å². The lowest BCUT2D eigenvalue weighted by Gasteiger charge is -2.09. The molecular formula is C18H23NO3S. The molecule has 23 heavy (non-hydrogen) atoms. The minimum absolute atomic E-state index is 0.0856. The molecule has 0 amide bonds. The Hall–Kier alpha value is -1.85. The lowest BCUT2D eigenvalue weighted by molar-refractivity contribution is 0.322. The third kappa shape index (κ3) is 6.42. The standard InChI is InChI=1S/C18H23NO3S/c1-2-16-9-6-10-18(15-16)22-13-12-19-23(20,21)14-11-17-7-4-3-5-8-17/h3-10,15,19H,2,11-14H2,1H3. The zero-order valence-corrected chi connectivity index (χ0v) is 14.2. The number of aryl methyl sites for hydroxylation is 2. The SMILES string of the molecule is CCc1cccc(OCCNS(=O)(=O)CCc2ccccc2)c1. The molecular weight excluding hydrogens is 310 g/mol. The Morgan fingerprint density at radius 2 is 1.74 bits per heavy atom. The summed E-state index contributed by atoms with van der Waals surface area (Å²) >= 11 is 0. The van der Waals surface area contributed by atoms with Gasteiger partial charge in [0.1, 0.15) is 12.4 Å². The zero-order valence-electron chi connectivity index (χ0n) is 13.4. The van der Waals surface area contributed by atoms with Crippen molar-refractivity contribution < 1.29 is 13.2 Å². The molecule has 0 aliphatic carbocycles. The largest absolute Gasteiger partial charge is 0.492 e. The van der Waals surface area contributed by atoms with Gasteiger partial charge in [-0.15, -0.1) is 0 Å². The van der Waals surface area contributed by atoms with Crippen molar-refractivity contribution in [3.05, 3.63) is 65.7 Å². The van der Waals surface area contributed by atoms with E-state index in [1.165, 1.54) is 5.56 Å². The second-order valence-corrected chi connectivity index (χ2v) is 7.22. The Morgan fingerprint density at radius 3 is 2.48 bits per heavy atom. The van der Waals surface area contributed by atoms with Crippen LogP contribution in [-0.2, 0) is 22.9 Å². The van der Waals surface area contributed by atoms with Gasteiger partial charge in [0.15, 0.2) is 0 Å². The molecule has 1 N–H and O–H groups in total. The Morgan fingerprint density at radius 1 is 1.00 bits per heavy atom. The van der Waals surface area contributed by atoms with E-state index in [-0.39, 0.29) is 12.3 Å².